The van der Waals surface area contributed by atoms with E-state index in [0.29, 0.717) is 22.8 Å². The molecule has 6 heteroatoms. The van der Waals surface area contributed by atoms with E-state index in [1.165, 1.54) is 0 Å². The SMILES string of the molecule is O=C(NCCSc1ccc(Cl)cc1)c1cccc(NC(=O)C2CC2)c1. The largest absolute Gasteiger partial charge is 0.351 e. The number of thioether (sulfide) groups is 1. The molecule has 0 aromatic heterocycles. The number of hydrogen-bond acceptors (Lipinski definition) is 3. The van der Waals surface area contributed by atoms with Crippen LogP contribution in [0.4, 0.5) is 5.69 Å². The molecule has 1 aliphatic carbocycles. The predicted octanol–water partition coefficient (Wildman–Crippen LogP) is 4.21. The molecular formula is C19H19ClN2O2S. The van der Waals surface area contributed by atoms with E-state index in [2.05, 4.69) is 10.6 Å². The minimum Gasteiger partial charge on any atom is -0.351 e. The van der Waals surface area contributed by atoms with Gasteiger partial charge in [0.15, 0.2) is 0 Å². The standard InChI is InChI=1S/C19H19ClN2O2S/c20-15-6-8-17(9-7-15)25-11-10-21-18(23)14-2-1-3-16(12-14)22-19(24)13-4-5-13/h1-3,6-9,12-13H,4-5,10-11H2,(H,21,23)(H,22,24). The number of nitrogens with one attached hydrogen (secondary N) is 2. The second kappa shape index (κ2) is 8.41. The molecule has 0 spiro atoms. The van der Waals surface area contributed by atoms with Gasteiger partial charge in [0.1, 0.15) is 0 Å². The van der Waals surface area contributed by atoms with Gasteiger partial charge in [-0.25, -0.2) is 0 Å². The first kappa shape index (κ1) is 17.8. The molecule has 0 atom stereocenters. The highest BCUT2D eigenvalue weighted by atomic mass is 35.5. The predicted molar refractivity (Wildman–Crippen MR) is 102 cm³/mol. The Morgan fingerprint density at radius 2 is 1.88 bits per heavy atom. The van der Waals surface area contributed by atoms with Crippen molar-refractivity contribution in [3.63, 3.8) is 0 Å². The molecule has 0 unspecified atom stereocenters. The zero-order valence-corrected chi connectivity index (χ0v) is 15.2. The quantitative estimate of drug-likeness (QED) is 0.563. The van der Waals surface area contributed by atoms with Gasteiger partial charge in [0.25, 0.3) is 5.91 Å². The molecule has 2 N–H and O–H groups in total. The van der Waals surface area contributed by atoms with Gasteiger partial charge in [0.2, 0.25) is 5.91 Å². The molecular weight excluding hydrogens is 356 g/mol. The van der Waals surface area contributed by atoms with E-state index >= 15 is 0 Å². The molecule has 3 rings (SSSR count). The fraction of sp³-hybridized carbons (Fsp3) is 0.263. The molecule has 2 aromatic rings. The number of carbonyl (C=O) groups excluding carboxylic acids is 2. The number of carbonyl (C=O) groups is 2. The molecule has 0 saturated heterocycles. The van der Waals surface area contributed by atoms with Crippen molar-refractivity contribution in [2.45, 2.75) is 17.7 Å². The summed E-state index contributed by atoms with van der Waals surface area (Å²) in [7, 11) is 0. The third-order valence-corrected chi connectivity index (χ3v) is 5.08. The van der Waals surface area contributed by atoms with Crippen molar-refractivity contribution in [2.75, 3.05) is 17.6 Å². The second-order valence-electron chi connectivity index (χ2n) is 5.90. The topological polar surface area (TPSA) is 58.2 Å². The van der Waals surface area contributed by atoms with Crippen molar-refractivity contribution in [1.29, 1.82) is 0 Å². The van der Waals surface area contributed by atoms with Gasteiger partial charge in [-0.2, -0.15) is 0 Å². The van der Waals surface area contributed by atoms with Crippen LogP contribution in [0.25, 0.3) is 0 Å². The molecule has 0 radical (unpaired) electrons. The van der Waals surface area contributed by atoms with Crippen LogP contribution in [0.5, 0.6) is 0 Å². The number of rotatable bonds is 7. The van der Waals surface area contributed by atoms with Crippen molar-refractivity contribution in [1.82, 2.24) is 5.32 Å². The molecule has 0 aliphatic heterocycles. The molecule has 130 valence electrons. The van der Waals surface area contributed by atoms with Gasteiger partial charge in [-0.1, -0.05) is 17.7 Å². The van der Waals surface area contributed by atoms with E-state index < -0.39 is 0 Å². The number of halogens is 1. The van der Waals surface area contributed by atoms with Crippen LogP contribution in [0, 0.1) is 5.92 Å². The summed E-state index contributed by atoms with van der Waals surface area (Å²) in [5, 5.41) is 6.47. The lowest BCUT2D eigenvalue weighted by Gasteiger charge is -2.08. The van der Waals surface area contributed by atoms with Crippen LogP contribution in [0.1, 0.15) is 23.2 Å². The monoisotopic (exact) mass is 374 g/mol. The Bertz CT molecular complexity index is 760. The maximum absolute atomic E-state index is 12.2. The second-order valence-corrected chi connectivity index (χ2v) is 7.51. The van der Waals surface area contributed by atoms with Gasteiger partial charge < -0.3 is 10.6 Å². The van der Waals surface area contributed by atoms with Crippen molar-refractivity contribution >= 4 is 40.9 Å². The normalized spacial score (nSPS) is 13.3. The molecule has 1 fully saturated rings. The first-order chi connectivity index (χ1) is 12.1. The summed E-state index contributed by atoms with van der Waals surface area (Å²) >= 11 is 7.51. The molecule has 4 nitrogen and oxygen atoms in total. The van der Waals surface area contributed by atoms with Gasteiger partial charge in [0.05, 0.1) is 0 Å². The molecule has 0 heterocycles. The van der Waals surface area contributed by atoms with Crippen molar-refractivity contribution in [3.05, 3.63) is 59.1 Å². The summed E-state index contributed by atoms with van der Waals surface area (Å²) in [4.78, 5) is 25.1. The van der Waals surface area contributed by atoms with Crippen LogP contribution in [-0.4, -0.2) is 24.1 Å². The number of benzene rings is 2. The summed E-state index contributed by atoms with van der Waals surface area (Å²) in [6.45, 7) is 0.560. The minimum atomic E-state index is -0.140. The van der Waals surface area contributed by atoms with Crippen LogP contribution in [0.3, 0.4) is 0 Å². The Morgan fingerprint density at radius 1 is 1.12 bits per heavy atom. The first-order valence-corrected chi connectivity index (χ1v) is 9.56. The Kier molecular flexibility index (Phi) is 6.00. The first-order valence-electron chi connectivity index (χ1n) is 8.19. The maximum atomic E-state index is 12.2. The molecule has 25 heavy (non-hydrogen) atoms. The highest BCUT2D eigenvalue weighted by Crippen LogP contribution is 2.30. The van der Waals surface area contributed by atoms with E-state index in [1.807, 2.05) is 24.3 Å². The Hall–Kier alpha value is -1.98. The Labute approximate surface area is 156 Å². The molecule has 1 aliphatic rings. The van der Waals surface area contributed by atoms with Crippen LogP contribution in [0.15, 0.2) is 53.4 Å². The van der Waals surface area contributed by atoms with Gasteiger partial charge in [-0.05, 0) is 55.3 Å². The van der Waals surface area contributed by atoms with E-state index in [9.17, 15) is 9.59 Å². The lowest BCUT2D eigenvalue weighted by Crippen LogP contribution is -2.25. The highest BCUT2D eigenvalue weighted by molar-refractivity contribution is 7.99. The zero-order valence-electron chi connectivity index (χ0n) is 13.6. The molecule has 0 bridgehead atoms. The molecule has 2 aromatic carbocycles. The summed E-state index contributed by atoms with van der Waals surface area (Å²) in [6.07, 6.45) is 1.91. The van der Waals surface area contributed by atoms with Gasteiger partial charge in [-0.3, -0.25) is 9.59 Å². The highest BCUT2D eigenvalue weighted by Gasteiger charge is 2.29. The van der Waals surface area contributed by atoms with Crippen molar-refractivity contribution in [2.24, 2.45) is 5.92 Å². The smallest absolute Gasteiger partial charge is 0.251 e. The van der Waals surface area contributed by atoms with Gasteiger partial charge >= 0.3 is 0 Å². The lowest BCUT2D eigenvalue weighted by molar-refractivity contribution is -0.117. The maximum Gasteiger partial charge on any atom is 0.251 e. The van der Waals surface area contributed by atoms with Crippen LogP contribution >= 0.6 is 23.4 Å². The minimum absolute atomic E-state index is 0.0388. The Balaban J connectivity index is 1.45. The molecule has 2 amide bonds. The van der Waals surface area contributed by atoms with E-state index in [1.54, 1.807) is 36.0 Å². The summed E-state index contributed by atoms with van der Waals surface area (Å²) in [5.74, 6) is 0.810. The van der Waals surface area contributed by atoms with Crippen molar-refractivity contribution < 1.29 is 9.59 Å². The number of anilines is 1. The summed E-state index contributed by atoms with van der Waals surface area (Å²) < 4.78 is 0. The van der Waals surface area contributed by atoms with Gasteiger partial charge in [0, 0.05) is 39.4 Å². The zero-order chi connectivity index (χ0) is 17.6. The average Bonchev–Trinajstić information content (AvgIpc) is 3.45. The van der Waals surface area contributed by atoms with Gasteiger partial charge in [-0.15, -0.1) is 11.8 Å². The summed E-state index contributed by atoms with van der Waals surface area (Å²) in [6, 6.07) is 14.7. The number of amides is 2. The van der Waals surface area contributed by atoms with Crippen molar-refractivity contribution in [3.8, 4) is 0 Å². The van der Waals surface area contributed by atoms with Crippen LogP contribution in [0.2, 0.25) is 5.02 Å². The summed E-state index contributed by atoms with van der Waals surface area (Å²) in [5.41, 5.74) is 1.21. The number of hydrogen-bond donors (Lipinski definition) is 2. The molecule has 1 saturated carbocycles. The average molecular weight is 375 g/mol. The van der Waals surface area contributed by atoms with Crippen LogP contribution in [-0.2, 0) is 4.79 Å². The lowest BCUT2D eigenvalue weighted by atomic mass is 10.2. The van der Waals surface area contributed by atoms with E-state index in [-0.39, 0.29) is 17.7 Å². The fourth-order valence-electron chi connectivity index (χ4n) is 2.29. The van der Waals surface area contributed by atoms with Crippen LogP contribution < -0.4 is 10.6 Å². The third kappa shape index (κ3) is 5.51. The fourth-order valence-corrected chi connectivity index (χ4v) is 3.19. The van der Waals surface area contributed by atoms with E-state index in [0.717, 1.165) is 23.5 Å². The Morgan fingerprint density at radius 3 is 2.60 bits per heavy atom. The van der Waals surface area contributed by atoms with E-state index in [4.69, 9.17) is 11.6 Å². The third-order valence-electron chi connectivity index (χ3n) is 3.81.